The van der Waals surface area contributed by atoms with Gasteiger partial charge in [-0.25, -0.2) is 0 Å². The summed E-state index contributed by atoms with van der Waals surface area (Å²) in [7, 11) is 0. The van der Waals surface area contributed by atoms with E-state index >= 15 is 0 Å². The van der Waals surface area contributed by atoms with Crippen molar-refractivity contribution in [3.8, 4) is 0 Å². The largest absolute Gasteiger partial charge is 0.462 e. The number of carbonyl (C=O) groups excluding carboxylic acids is 2. The molecule has 7 nitrogen and oxygen atoms in total. The topological polar surface area (TPSA) is 113 Å². The van der Waals surface area contributed by atoms with Crippen LogP contribution < -0.4 is 0 Å². The number of hydrogen-bond acceptors (Lipinski definition) is 7. The zero-order valence-corrected chi connectivity index (χ0v) is 27.0. The van der Waals surface area contributed by atoms with Gasteiger partial charge in [-0.3, -0.25) is 4.79 Å². The maximum Gasteiger partial charge on any atom is 0.309 e. The molecule has 2 aliphatic heterocycles. The van der Waals surface area contributed by atoms with Crippen LogP contribution in [-0.4, -0.2) is 63.7 Å². The SMILES string of the molecule is CCCCCCCCCCCC[C@H](O)[C@@H]1CC[C@H]([C@H](O)CCCC[C@H](O)CCCCC[C@H]2C[C@@H](CC(C)=O)C(=O)O2)O1. The minimum absolute atomic E-state index is 0.0338. The van der Waals surface area contributed by atoms with Crippen LogP contribution in [0.4, 0.5) is 0 Å². The van der Waals surface area contributed by atoms with Crippen molar-refractivity contribution in [2.45, 2.75) is 205 Å². The Balaban J connectivity index is 1.41. The zero-order valence-electron chi connectivity index (χ0n) is 27.0. The molecule has 0 aliphatic carbocycles. The lowest BCUT2D eigenvalue weighted by atomic mass is 9.96. The predicted octanol–water partition coefficient (Wildman–Crippen LogP) is 7.35. The number of cyclic esters (lactones) is 1. The van der Waals surface area contributed by atoms with Crippen LogP contribution in [-0.2, 0) is 19.1 Å². The van der Waals surface area contributed by atoms with Crippen molar-refractivity contribution in [1.82, 2.24) is 0 Å². The number of Topliss-reactive ketones (excluding diaryl/α,β-unsaturated/α-hetero) is 1. The highest BCUT2D eigenvalue weighted by Gasteiger charge is 2.35. The molecule has 42 heavy (non-hydrogen) atoms. The summed E-state index contributed by atoms with van der Waals surface area (Å²) in [5, 5.41) is 31.6. The fourth-order valence-corrected chi connectivity index (χ4v) is 6.69. The molecule has 2 saturated heterocycles. The number of aliphatic hydroxyl groups is 3. The van der Waals surface area contributed by atoms with E-state index < -0.39 is 12.2 Å². The molecule has 2 heterocycles. The Labute approximate surface area is 256 Å². The monoisotopic (exact) mass is 596 g/mol. The maximum absolute atomic E-state index is 11.8. The number of hydrogen-bond donors (Lipinski definition) is 3. The van der Waals surface area contributed by atoms with Gasteiger partial charge >= 0.3 is 5.97 Å². The predicted molar refractivity (Wildman–Crippen MR) is 167 cm³/mol. The van der Waals surface area contributed by atoms with Crippen molar-refractivity contribution in [1.29, 1.82) is 0 Å². The first-order chi connectivity index (χ1) is 20.3. The molecule has 0 bridgehead atoms. The van der Waals surface area contributed by atoms with Crippen molar-refractivity contribution in [2.75, 3.05) is 0 Å². The lowest BCUT2D eigenvalue weighted by molar-refractivity contribution is -0.145. The smallest absolute Gasteiger partial charge is 0.309 e. The van der Waals surface area contributed by atoms with E-state index in [9.17, 15) is 24.9 Å². The first-order valence-corrected chi connectivity index (χ1v) is 17.7. The molecule has 3 N–H and O–H groups in total. The molecule has 0 aromatic rings. The van der Waals surface area contributed by atoms with Crippen molar-refractivity contribution in [3.05, 3.63) is 0 Å². The molecule has 246 valence electrons. The lowest BCUT2D eigenvalue weighted by Gasteiger charge is -2.22. The summed E-state index contributed by atoms with van der Waals surface area (Å²) >= 11 is 0. The minimum Gasteiger partial charge on any atom is -0.462 e. The highest BCUT2D eigenvalue weighted by atomic mass is 16.6. The third-order valence-corrected chi connectivity index (χ3v) is 9.35. The molecule has 0 aromatic carbocycles. The molecule has 2 fully saturated rings. The van der Waals surface area contributed by atoms with E-state index in [1.54, 1.807) is 0 Å². The number of rotatable bonds is 26. The van der Waals surface area contributed by atoms with Crippen LogP contribution >= 0.6 is 0 Å². The van der Waals surface area contributed by atoms with Crippen LogP contribution in [0.5, 0.6) is 0 Å². The van der Waals surface area contributed by atoms with Gasteiger partial charge in [0.2, 0.25) is 0 Å². The van der Waals surface area contributed by atoms with E-state index in [0.29, 0.717) is 12.8 Å². The second-order valence-electron chi connectivity index (χ2n) is 13.4. The Morgan fingerprint density at radius 2 is 1.21 bits per heavy atom. The summed E-state index contributed by atoms with van der Waals surface area (Å²) < 4.78 is 11.5. The van der Waals surface area contributed by atoms with Crippen molar-refractivity contribution in [2.24, 2.45) is 5.92 Å². The second kappa shape index (κ2) is 22.5. The van der Waals surface area contributed by atoms with Crippen molar-refractivity contribution < 1.29 is 34.4 Å². The first kappa shape index (κ1) is 37.2. The fraction of sp³-hybridized carbons (Fsp3) is 0.943. The van der Waals surface area contributed by atoms with Crippen molar-refractivity contribution >= 4 is 11.8 Å². The Morgan fingerprint density at radius 3 is 1.79 bits per heavy atom. The van der Waals surface area contributed by atoms with E-state index in [-0.39, 0.29) is 48.5 Å². The fourth-order valence-electron chi connectivity index (χ4n) is 6.69. The molecular formula is C35H64O7. The number of carbonyl (C=O) groups is 2. The van der Waals surface area contributed by atoms with Crippen LogP contribution in [0.2, 0.25) is 0 Å². The third kappa shape index (κ3) is 16.2. The Kier molecular flexibility index (Phi) is 19.9. The Bertz CT molecular complexity index is 713. The summed E-state index contributed by atoms with van der Waals surface area (Å²) in [6.07, 6.45) is 22.2. The summed E-state index contributed by atoms with van der Waals surface area (Å²) in [6.45, 7) is 3.77. The molecule has 2 aliphatic rings. The highest BCUT2D eigenvalue weighted by molar-refractivity contribution is 5.83. The summed E-state index contributed by atoms with van der Waals surface area (Å²) in [5.74, 6) is -0.459. The van der Waals surface area contributed by atoms with Gasteiger partial charge in [-0.05, 0) is 64.7 Å². The molecule has 0 spiro atoms. The number of ketones is 1. The van der Waals surface area contributed by atoms with Gasteiger partial charge in [0, 0.05) is 6.42 Å². The number of ether oxygens (including phenoxy) is 2. The first-order valence-electron chi connectivity index (χ1n) is 17.7. The zero-order chi connectivity index (χ0) is 30.6. The Hall–Kier alpha value is -1.02. The van der Waals surface area contributed by atoms with E-state index in [1.165, 1.54) is 64.7 Å². The molecule has 2 rings (SSSR count). The molecule has 7 atom stereocenters. The molecule has 0 saturated carbocycles. The summed E-state index contributed by atoms with van der Waals surface area (Å²) in [6, 6.07) is 0. The third-order valence-electron chi connectivity index (χ3n) is 9.35. The van der Waals surface area contributed by atoms with Gasteiger partial charge in [-0.1, -0.05) is 96.8 Å². The summed E-state index contributed by atoms with van der Waals surface area (Å²) in [4.78, 5) is 23.1. The van der Waals surface area contributed by atoms with Gasteiger partial charge in [-0.2, -0.15) is 0 Å². The van der Waals surface area contributed by atoms with Crippen LogP contribution in [0, 0.1) is 5.92 Å². The average Bonchev–Trinajstić information content (AvgIpc) is 3.58. The molecule has 0 radical (unpaired) electrons. The Morgan fingerprint density at radius 1 is 0.738 bits per heavy atom. The highest BCUT2D eigenvalue weighted by Crippen LogP contribution is 2.29. The van der Waals surface area contributed by atoms with Gasteiger partial charge < -0.3 is 29.6 Å². The second-order valence-corrected chi connectivity index (χ2v) is 13.4. The standard InChI is InChI=1S/C35H64O7/c1-3-4-5-6-7-8-9-10-11-15-21-31(38)33-23-24-34(42-33)32(39)22-17-16-19-29(37)18-13-12-14-20-30-26-28(25-27(2)36)35(40)41-30/h28-34,37-39H,3-26H2,1-2H3/t28-,29-,30+,31+,32-,33+,34-/m1/s1. The van der Waals surface area contributed by atoms with Crippen LogP contribution in [0.3, 0.4) is 0 Å². The molecule has 0 unspecified atom stereocenters. The maximum atomic E-state index is 11.8. The van der Waals surface area contributed by atoms with Crippen LogP contribution in [0.15, 0.2) is 0 Å². The summed E-state index contributed by atoms with van der Waals surface area (Å²) in [5.41, 5.74) is 0. The lowest BCUT2D eigenvalue weighted by Crippen LogP contribution is -2.31. The van der Waals surface area contributed by atoms with E-state index in [1.807, 2.05) is 0 Å². The molecular weight excluding hydrogens is 532 g/mol. The quantitative estimate of drug-likeness (QED) is 0.0707. The van der Waals surface area contributed by atoms with Gasteiger partial charge in [0.25, 0.3) is 0 Å². The van der Waals surface area contributed by atoms with Gasteiger partial charge in [0.1, 0.15) is 11.9 Å². The van der Waals surface area contributed by atoms with Gasteiger partial charge in [0.15, 0.2) is 0 Å². The number of aliphatic hydroxyl groups excluding tert-OH is 3. The van der Waals surface area contributed by atoms with E-state index in [2.05, 4.69) is 6.92 Å². The van der Waals surface area contributed by atoms with E-state index in [0.717, 1.165) is 77.0 Å². The van der Waals surface area contributed by atoms with Crippen molar-refractivity contribution in [3.63, 3.8) is 0 Å². The normalized spacial score (nSPS) is 24.5. The molecule has 0 amide bonds. The number of unbranched alkanes of at least 4 members (excludes halogenated alkanes) is 12. The van der Waals surface area contributed by atoms with E-state index in [4.69, 9.17) is 9.47 Å². The molecule has 7 heteroatoms. The van der Waals surface area contributed by atoms with Crippen LogP contribution in [0.1, 0.15) is 168 Å². The average molecular weight is 597 g/mol. The van der Waals surface area contributed by atoms with Crippen LogP contribution in [0.25, 0.3) is 0 Å². The molecule has 0 aromatic heterocycles. The number of esters is 1. The minimum atomic E-state index is -0.503. The van der Waals surface area contributed by atoms with Gasteiger partial charge in [0.05, 0.1) is 36.4 Å². The van der Waals surface area contributed by atoms with Gasteiger partial charge in [-0.15, -0.1) is 0 Å².